The van der Waals surface area contributed by atoms with Crippen LogP contribution in [-0.2, 0) is 24.1 Å². The Morgan fingerprint density at radius 1 is 1.17 bits per heavy atom. The molecule has 0 radical (unpaired) electrons. The highest BCUT2D eigenvalue weighted by atomic mass is 19.4. The van der Waals surface area contributed by atoms with Crippen molar-refractivity contribution in [3.8, 4) is 0 Å². The van der Waals surface area contributed by atoms with Gasteiger partial charge < -0.3 is 15.2 Å². The molecule has 1 aromatic heterocycles. The van der Waals surface area contributed by atoms with E-state index in [0.717, 1.165) is 4.57 Å². The number of alkyl halides is 3. The van der Waals surface area contributed by atoms with Crippen LogP contribution in [-0.4, -0.2) is 32.1 Å². The molecule has 122 valence electrons. The molecule has 0 unspecified atom stereocenters. The van der Waals surface area contributed by atoms with Crippen molar-refractivity contribution in [3.05, 3.63) is 47.5 Å². The molecule has 1 aliphatic heterocycles. The van der Waals surface area contributed by atoms with Gasteiger partial charge in [0.1, 0.15) is 6.04 Å². The second-order valence-corrected chi connectivity index (χ2v) is 5.24. The van der Waals surface area contributed by atoms with Gasteiger partial charge in [-0.3, -0.25) is 4.79 Å². The molecule has 0 saturated carbocycles. The van der Waals surface area contributed by atoms with E-state index >= 15 is 0 Å². The highest BCUT2D eigenvalue weighted by Crippen LogP contribution is 2.29. The van der Waals surface area contributed by atoms with Gasteiger partial charge in [-0.05, 0) is 5.56 Å². The Kier molecular flexibility index (Phi) is 3.80. The molecule has 3 rings (SSSR count). The molecule has 1 aromatic carbocycles. The van der Waals surface area contributed by atoms with Crippen LogP contribution in [0.3, 0.4) is 0 Å². The summed E-state index contributed by atoms with van der Waals surface area (Å²) in [5.41, 5.74) is 6.60. The summed E-state index contributed by atoms with van der Waals surface area (Å²) >= 11 is 0. The molecule has 1 aliphatic rings. The third kappa shape index (κ3) is 2.91. The molecule has 1 atom stereocenters. The average molecular weight is 325 g/mol. The van der Waals surface area contributed by atoms with Crippen molar-refractivity contribution in [2.45, 2.75) is 25.3 Å². The van der Waals surface area contributed by atoms with Gasteiger partial charge in [-0.15, -0.1) is 10.2 Å². The lowest BCUT2D eigenvalue weighted by atomic mass is 10.1. The number of carbonyl (C=O) groups excluding carboxylic acids is 1. The van der Waals surface area contributed by atoms with Crippen LogP contribution in [0.25, 0.3) is 0 Å². The number of carbonyl (C=O) groups is 1. The van der Waals surface area contributed by atoms with Gasteiger partial charge in [0, 0.05) is 13.1 Å². The Balaban J connectivity index is 1.77. The third-order valence-electron chi connectivity index (χ3n) is 3.74. The maximum Gasteiger partial charge on any atom is 0.451 e. The zero-order valence-corrected chi connectivity index (χ0v) is 12.0. The van der Waals surface area contributed by atoms with Crippen molar-refractivity contribution < 1.29 is 18.0 Å². The van der Waals surface area contributed by atoms with E-state index in [0.29, 0.717) is 5.56 Å². The van der Waals surface area contributed by atoms with Crippen LogP contribution in [0.5, 0.6) is 0 Å². The predicted octanol–water partition coefficient (Wildman–Crippen LogP) is 1.34. The molecule has 1 amide bonds. The van der Waals surface area contributed by atoms with Gasteiger partial charge in [-0.1, -0.05) is 30.3 Å². The number of aromatic nitrogens is 3. The van der Waals surface area contributed by atoms with Crippen molar-refractivity contribution in [2.24, 2.45) is 5.73 Å². The predicted molar refractivity (Wildman–Crippen MR) is 73.8 cm³/mol. The maximum absolute atomic E-state index is 12.8. The lowest BCUT2D eigenvalue weighted by molar-refractivity contribution is -0.148. The fourth-order valence-electron chi connectivity index (χ4n) is 2.56. The molecule has 0 fully saturated rings. The fourth-order valence-corrected chi connectivity index (χ4v) is 2.56. The summed E-state index contributed by atoms with van der Waals surface area (Å²) in [5.74, 6) is -1.27. The van der Waals surface area contributed by atoms with Crippen LogP contribution in [0, 0.1) is 0 Å². The molecule has 2 aromatic rings. The van der Waals surface area contributed by atoms with Crippen molar-refractivity contribution in [3.63, 3.8) is 0 Å². The number of amides is 1. The Morgan fingerprint density at radius 2 is 1.87 bits per heavy atom. The van der Waals surface area contributed by atoms with E-state index in [-0.39, 0.29) is 31.4 Å². The molecule has 6 nitrogen and oxygen atoms in total. The van der Waals surface area contributed by atoms with E-state index in [4.69, 9.17) is 5.73 Å². The number of benzene rings is 1. The lowest BCUT2D eigenvalue weighted by Gasteiger charge is -2.30. The van der Waals surface area contributed by atoms with Crippen molar-refractivity contribution in [1.82, 2.24) is 19.7 Å². The minimum Gasteiger partial charge on any atom is -0.332 e. The minimum atomic E-state index is -4.56. The zero-order valence-electron chi connectivity index (χ0n) is 12.0. The van der Waals surface area contributed by atoms with Gasteiger partial charge in [-0.25, -0.2) is 0 Å². The van der Waals surface area contributed by atoms with Crippen LogP contribution >= 0.6 is 0 Å². The Bertz CT molecular complexity index is 713. The number of hydrogen-bond acceptors (Lipinski definition) is 4. The standard InChI is InChI=1S/C14H14F3N5O/c15-14(16,17)13-20-19-10-8-21(6-7-22(10)13)12(23)11(18)9-4-2-1-3-5-9/h1-5,11H,6-8,18H2/t11-/m1/s1. The summed E-state index contributed by atoms with van der Waals surface area (Å²) < 4.78 is 39.4. The first kappa shape index (κ1) is 15.5. The highest BCUT2D eigenvalue weighted by molar-refractivity contribution is 5.83. The van der Waals surface area contributed by atoms with Crippen LogP contribution in [0.2, 0.25) is 0 Å². The van der Waals surface area contributed by atoms with Gasteiger partial charge in [-0.2, -0.15) is 13.2 Å². The number of fused-ring (bicyclic) bond motifs is 1. The number of nitrogens with zero attached hydrogens (tertiary/aromatic N) is 4. The number of nitrogens with two attached hydrogens (primary N) is 1. The Labute approximate surface area is 129 Å². The van der Waals surface area contributed by atoms with Gasteiger partial charge >= 0.3 is 6.18 Å². The Morgan fingerprint density at radius 3 is 2.52 bits per heavy atom. The molecule has 9 heteroatoms. The third-order valence-corrected chi connectivity index (χ3v) is 3.74. The highest BCUT2D eigenvalue weighted by Gasteiger charge is 2.40. The van der Waals surface area contributed by atoms with E-state index in [1.165, 1.54) is 4.90 Å². The largest absolute Gasteiger partial charge is 0.451 e. The molecule has 2 heterocycles. The number of halogens is 3. The van der Waals surface area contributed by atoms with Crippen molar-refractivity contribution >= 4 is 5.91 Å². The normalized spacial score (nSPS) is 16.1. The molecule has 0 bridgehead atoms. The van der Waals surface area contributed by atoms with E-state index in [9.17, 15) is 18.0 Å². The minimum absolute atomic E-state index is 0.00950. The van der Waals surface area contributed by atoms with Crippen LogP contribution in [0.4, 0.5) is 13.2 Å². The first-order valence-electron chi connectivity index (χ1n) is 6.96. The maximum atomic E-state index is 12.8. The fraction of sp³-hybridized carbons (Fsp3) is 0.357. The first-order valence-corrected chi connectivity index (χ1v) is 6.96. The summed E-state index contributed by atoms with van der Waals surface area (Å²) in [6, 6.07) is 7.96. The monoisotopic (exact) mass is 325 g/mol. The van der Waals surface area contributed by atoms with E-state index in [1.807, 2.05) is 6.07 Å². The molecule has 0 spiro atoms. The molecule has 0 aliphatic carbocycles. The molecule has 0 saturated heterocycles. The molecular formula is C14H14F3N5O. The van der Waals surface area contributed by atoms with Gasteiger partial charge in [0.15, 0.2) is 5.82 Å². The second kappa shape index (κ2) is 5.65. The number of rotatable bonds is 2. The molecular weight excluding hydrogens is 311 g/mol. The number of hydrogen-bond donors (Lipinski definition) is 1. The quantitative estimate of drug-likeness (QED) is 0.904. The zero-order chi connectivity index (χ0) is 16.6. The van der Waals surface area contributed by atoms with Gasteiger partial charge in [0.25, 0.3) is 0 Å². The van der Waals surface area contributed by atoms with Crippen molar-refractivity contribution in [1.29, 1.82) is 0 Å². The summed E-state index contributed by atoms with van der Waals surface area (Å²) in [4.78, 5) is 13.8. The van der Waals surface area contributed by atoms with Crippen LogP contribution in [0.1, 0.15) is 23.3 Å². The summed E-state index contributed by atoms with van der Waals surface area (Å²) in [5, 5.41) is 6.73. The van der Waals surface area contributed by atoms with E-state index in [2.05, 4.69) is 10.2 Å². The topological polar surface area (TPSA) is 77.0 Å². The average Bonchev–Trinajstić information content (AvgIpc) is 2.97. The summed E-state index contributed by atoms with van der Waals surface area (Å²) in [7, 11) is 0. The van der Waals surface area contributed by atoms with Crippen molar-refractivity contribution in [2.75, 3.05) is 6.54 Å². The van der Waals surface area contributed by atoms with Crippen LogP contribution in [0.15, 0.2) is 30.3 Å². The van der Waals surface area contributed by atoms with Gasteiger partial charge in [0.2, 0.25) is 11.7 Å². The van der Waals surface area contributed by atoms with E-state index in [1.54, 1.807) is 24.3 Å². The van der Waals surface area contributed by atoms with Crippen LogP contribution < -0.4 is 5.73 Å². The summed E-state index contributed by atoms with van der Waals surface area (Å²) in [6.07, 6.45) is -4.56. The van der Waals surface area contributed by atoms with E-state index < -0.39 is 18.0 Å². The smallest absolute Gasteiger partial charge is 0.332 e. The molecule has 23 heavy (non-hydrogen) atoms. The molecule has 2 N–H and O–H groups in total. The first-order chi connectivity index (χ1) is 10.9. The second-order valence-electron chi connectivity index (χ2n) is 5.24. The Hall–Kier alpha value is -2.42. The summed E-state index contributed by atoms with van der Waals surface area (Å²) in [6.45, 7) is 0.0837. The lowest BCUT2D eigenvalue weighted by Crippen LogP contribution is -2.43. The van der Waals surface area contributed by atoms with Gasteiger partial charge in [0.05, 0.1) is 6.54 Å². The SMILES string of the molecule is N[C@@H](C(=O)N1CCn2c(nnc2C(F)(F)F)C1)c1ccccc1.